The van der Waals surface area contributed by atoms with Crippen molar-refractivity contribution in [2.75, 3.05) is 18.4 Å². The van der Waals surface area contributed by atoms with E-state index in [0.29, 0.717) is 17.7 Å². The van der Waals surface area contributed by atoms with Crippen molar-refractivity contribution >= 4 is 33.4 Å². The quantitative estimate of drug-likeness (QED) is 0.374. The lowest BCUT2D eigenvalue weighted by Gasteiger charge is -2.09. The van der Waals surface area contributed by atoms with Crippen molar-refractivity contribution in [1.29, 1.82) is 0 Å². The fourth-order valence-electron chi connectivity index (χ4n) is 3.74. The molecule has 4 N–H and O–H groups in total. The van der Waals surface area contributed by atoms with Crippen molar-refractivity contribution in [3.8, 4) is 11.4 Å². The number of aromatic nitrogens is 8. The van der Waals surface area contributed by atoms with E-state index in [1.807, 2.05) is 35.3 Å². The first-order chi connectivity index (χ1) is 14.3. The van der Waals surface area contributed by atoms with E-state index in [2.05, 4.69) is 41.1 Å². The molecule has 1 saturated heterocycles. The second kappa shape index (κ2) is 6.38. The zero-order valence-corrected chi connectivity index (χ0v) is 15.4. The molecule has 4 aromatic heterocycles. The van der Waals surface area contributed by atoms with Crippen LogP contribution in [0.2, 0.25) is 0 Å². The van der Waals surface area contributed by atoms with Crippen molar-refractivity contribution in [2.24, 2.45) is 0 Å². The highest BCUT2D eigenvalue weighted by molar-refractivity contribution is 5.89. The Bertz CT molecular complexity index is 1310. The van der Waals surface area contributed by atoms with Crippen LogP contribution >= 0.6 is 0 Å². The van der Waals surface area contributed by atoms with E-state index in [0.717, 1.165) is 52.7 Å². The van der Waals surface area contributed by atoms with Gasteiger partial charge in [-0.05, 0) is 19.0 Å². The normalized spacial score (nSPS) is 16.8. The monoisotopic (exact) mass is 386 g/mol. The first-order valence-corrected chi connectivity index (χ1v) is 9.50. The summed E-state index contributed by atoms with van der Waals surface area (Å²) < 4.78 is 2.00. The Kier molecular flexibility index (Phi) is 3.56. The van der Waals surface area contributed by atoms with Crippen LogP contribution in [0.5, 0.6) is 0 Å². The lowest BCUT2D eigenvalue weighted by Crippen LogP contribution is -2.13. The summed E-state index contributed by atoms with van der Waals surface area (Å²) in [6.45, 7) is 1.97. The molecule has 1 unspecified atom stereocenters. The molecule has 0 radical (unpaired) electrons. The maximum absolute atomic E-state index is 4.76. The Labute approximate surface area is 164 Å². The second-order valence-electron chi connectivity index (χ2n) is 7.18. The standard InChI is InChI=1S/C19H18N10/c1-2-12-6-21-27-15(12)5-11(1)18-25-16-9-22-28-17(16)19(26-18)24-13-7-23-29(10-13)14-3-4-20-8-14/h1-2,5-7,9-10,14,20H,3-4,8H2,(H,21,27)(H,22,28)(H,24,25,26). The minimum Gasteiger partial charge on any atom is -0.336 e. The van der Waals surface area contributed by atoms with Gasteiger partial charge in [-0.3, -0.25) is 14.9 Å². The number of fused-ring (bicyclic) bond motifs is 2. The molecule has 6 rings (SSSR count). The molecule has 0 spiro atoms. The Balaban J connectivity index is 1.39. The van der Waals surface area contributed by atoms with Gasteiger partial charge in [0.2, 0.25) is 0 Å². The van der Waals surface area contributed by atoms with Crippen LogP contribution in [0.1, 0.15) is 12.5 Å². The topological polar surface area (TPSA) is 125 Å². The van der Waals surface area contributed by atoms with Gasteiger partial charge in [-0.25, -0.2) is 9.97 Å². The highest BCUT2D eigenvalue weighted by Crippen LogP contribution is 2.27. The average molecular weight is 386 g/mol. The van der Waals surface area contributed by atoms with Crippen LogP contribution in [0.15, 0.2) is 43.0 Å². The second-order valence-corrected chi connectivity index (χ2v) is 7.18. The lowest BCUT2D eigenvalue weighted by molar-refractivity contribution is 0.491. The molecular weight excluding hydrogens is 368 g/mol. The smallest absolute Gasteiger partial charge is 0.162 e. The van der Waals surface area contributed by atoms with Gasteiger partial charge in [0.25, 0.3) is 0 Å². The Morgan fingerprint density at radius 3 is 2.97 bits per heavy atom. The summed E-state index contributed by atoms with van der Waals surface area (Å²) in [5.74, 6) is 1.28. The average Bonchev–Trinajstić information content (AvgIpc) is 3.54. The van der Waals surface area contributed by atoms with Crippen molar-refractivity contribution in [3.63, 3.8) is 0 Å². The van der Waals surface area contributed by atoms with E-state index in [1.54, 1.807) is 12.4 Å². The molecular formula is C19H18N10. The number of aromatic amines is 2. The van der Waals surface area contributed by atoms with Crippen LogP contribution in [-0.4, -0.2) is 53.2 Å². The van der Waals surface area contributed by atoms with Crippen LogP contribution in [0, 0.1) is 0 Å². The summed E-state index contributed by atoms with van der Waals surface area (Å²) in [6.07, 6.45) is 8.41. The molecule has 5 heterocycles. The number of nitrogens with zero attached hydrogens (tertiary/aromatic N) is 6. The fraction of sp³-hybridized carbons (Fsp3) is 0.211. The highest BCUT2D eigenvalue weighted by atomic mass is 15.3. The number of hydrogen-bond donors (Lipinski definition) is 4. The molecule has 0 amide bonds. The molecule has 1 aromatic carbocycles. The minimum absolute atomic E-state index is 0.389. The SMILES string of the molecule is c1nn(C2CCNC2)cc1Nc1nc(-c2ccc3cn[nH]c3c2)nc2cn[nH]c12. The number of nitrogens with one attached hydrogen (secondary N) is 4. The van der Waals surface area contributed by atoms with Gasteiger partial charge in [0, 0.05) is 23.7 Å². The minimum atomic E-state index is 0.389. The molecule has 0 bridgehead atoms. The van der Waals surface area contributed by atoms with E-state index < -0.39 is 0 Å². The van der Waals surface area contributed by atoms with Gasteiger partial charge in [-0.15, -0.1) is 0 Å². The maximum Gasteiger partial charge on any atom is 0.162 e. The Morgan fingerprint density at radius 2 is 2.03 bits per heavy atom. The summed E-state index contributed by atoms with van der Waals surface area (Å²) in [6, 6.07) is 6.39. The number of H-pyrrole nitrogens is 2. The van der Waals surface area contributed by atoms with Gasteiger partial charge in [0.1, 0.15) is 11.0 Å². The molecule has 10 heteroatoms. The number of hydrogen-bond acceptors (Lipinski definition) is 7. The Morgan fingerprint density at radius 1 is 1.07 bits per heavy atom. The summed E-state index contributed by atoms with van der Waals surface area (Å²) in [7, 11) is 0. The van der Waals surface area contributed by atoms with Gasteiger partial charge in [-0.1, -0.05) is 12.1 Å². The zero-order valence-electron chi connectivity index (χ0n) is 15.4. The fourth-order valence-corrected chi connectivity index (χ4v) is 3.74. The summed E-state index contributed by atoms with van der Waals surface area (Å²) in [4.78, 5) is 9.42. The third-order valence-electron chi connectivity index (χ3n) is 5.27. The van der Waals surface area contributed by atoms with Gasteiger partial charge in [0.15, 0.2) is 11.6 Å². The van der Waals surface area contributed by atoms with Gasteiger partial charge < -0.3 is 10.6 Å². The molecule has 5 aromatic rings. The summed E-state index contributed by atoms with van der Waals surface area (Å²) in [5, 5.41) is 26.5. The van der Waals surface area contributed by atoms with E-state index in [4.69, 9.17) is 4.98 Å². The first kappa shape index (κ1) is 16.2. The molecule has 0 aliphatic carbocycles. The highest BCUT2D eigenvalue weighted by Gasteiger charge is 2.18. The van der Waals surface area contributed by atoms with Gasteiger partial charge in [-0.2, -0.15) is 15.3 Å². The zero-order chi connectivity index (χ0) is 19.2. The van der Waals surface area contributed by atoms with Gasteiger partial charge in [0.05, 0.1) is 35.8 Å². The van der Waals surface area contributed by atoms with Crippen LogP contribution in [0.4, 0.5) is 11.5 Å². The third kappa shape index (κ3) is 2.81. The maximum atomic E-state index is 4.76. The first-order valence-electron chi connectivity index (χ1n) is 9.50. The molecule has 10 nitrogen and oxygen atoms in total. The van der Waals surface area contributed by atoms with E-state index in [9.17, 15) is 0 Å². The predicted octanol–water partition coefficient (Wildman–Crippen LogP) is 2.37. The lowest BCUT2D eigenvalue weighted by atomic mass is 10.1. The van der Waals surface area contributed by atoms with Crippen LogP contribution in [-0.2, 0) is 0 Å². The molecule has 144 valence electrons. The van der Waals surface area contributed by atoms with Crippen molar-refractivity contribution in [2.45, 2.75) is 12.5 Å². The number of anilines is 2. The van der Waals surface area contributed by atoms with E-state index in [1.165, 1.54) is 0 Å². The molecule has 1 fully saturated rings. The number of benzene rings is 1. The van der Waals surface area contributed by atoms with E-state index in [-0.39, 0.29) is 0 Å². The molecule has 0 saturated carbocycles. The van der Waals surface area contributed by atoms with Gasteiger partial charge >= 0.3 is 0 Å². The summed E-state index contributed by atoms with van der Waals surface area (Å²) >= 11 is 0. The van der Waals surface area contributed by atoms with Crippen LogP contribution in [0.3, 0.4) is 0 Å². The third-order valence-corrected chi connectivity index (χ3v) is 5.27. The van der Waals surface area contributed by atoms with Crippen LogP contribution < -0.4 is 10.6 Å². The Hall–Kier alpha value is -3.79. The molecule has 29 heavy (non-hydrogen) atoms. The molecule has 1 aliphatic rings. The molecule has 1 aliphatic heterocycles. The van der Waals surface area contributed by atoms with Crippen molar-refractivity contribution in [1.82, 2.24) is 45.5 Å². The number of rotatable bonds is 4. The van der Waals surface area contributed by atoms with Crippen molar-refractivity contribution < 1.29 is 0 Å². The molecule has 1 atom stereocenters. The van der Waals surface area contributed by atoms with Crippen LogP contribution in [0.25, 0.3) is 33.3 Å². The van der Waals surface area contributed by atoms with Crippen molar-refractivity contribution in [3.05, 3.63) is 43.0 Å². The predicted molar refractivity (Wildman–Crippen MR) is 109 cm³/mol. The largest absolute Gasteiger partial charge is 0.336 e. The summed E-state index contributed by atoms with van der Waals surface area (Å²) in [5.41, 5.74) is 4.22. The van der Waals surface area contributed by atoms with E-state index >= 15 is 0 Å².